The van der Waals surface area contributed by atoms with Crippen molar-refractivity contribution in [3.8, 4) is 0 Å². The molecule has 0 spiro atoms. The maximum atomic E-state index is 12.1. The van der Waals surface area contributed by atoms with E-state index in [0.717, 1.165) is 11.1 Å². The van der Waals surface area contributed by atoms with E-state index in [9.17, 15) is 8.42 Å². The zero-order valence-electron chi connectivity index (χ0n) is 9.43. The van der Waals surface area contributed by atoms with Crippen molar-refractivity contribution in [2.75, 3.05) is 13.6 Å². The van der Waals surface area contributed by atoms with Crippen LogP contribution in [0.25, 0.3) is 0 Å². The number of rotatable bonds is 5. The van der Waals surface area contributed by atoms with Gasteiger partial charge in [-0.2, -0.15) is 4.31 Å². The molecule has 0 aliphatic carbocycles. The Morgan fingerprint density at radius 2 is 2.25 bits per heavy atom. The summed E-state index contributed by atoms with van der Waals surface area (Å²) in [5, 5.41) is 1.77. The molecule has 0 saturated carbocycles. The molecule has 4 nitrogen and oxygen atoms in total. The van der Waals surface area contributed by atoms with E-state index < -0.39 is 10.0 Å². The Kier molecular flexibility index (Phi) is 4.26. The first kappa shape index (κ1) is 13.4. The van der Waals surface area contributed by atoms with Crippen LogP contribution >= 0.6 is 11.3 Å². The Balaban J connectivity index is 2.97. The van der Waals surface area contributed by atoms with Gasteiger partial charge in [0.1, 0.15) is 4.21 Å². The molecule has 0 aliphatic rings. The number of hydrogen-bond donors (Lipinski definition) is 1. The van der Waals surface area contributed by atoms with Crippen molar-refractivity contribution in [2.45, 2.75) is 17.7 Å². The predicted molar refractivity (Wildman–Crippen MR) is 66.8 cm³/mol. The van der Waals surface area contributed by atoms with E-state index in [4.69, 9.17) is 5.73 Å². The summed E-state index contributed by atoms with van der Waals surface area (Å²) in [5.74, 6) is 0. The largest absolute Gasteiger partial charge is 0.326 e. The van der Waals surface area contributed by atoms with Gasteiger partial charge in [0.25, 0.3) is 10.0 Å². The molecule has 0 fully saturated rings. The molecule has 1 aromatic rings. The maximum Gasteiger partial charge on any atom is 0.252 e. The predicted octanol–water partition coefficient (Wildman–Crippen LogP) is 1.40. The Morgan fingerprint density at radius 3 is 2.69 bits per heavy atom. The summed E-state index contributed by atoms with van der Waals surface area (Å²) in [7, 11) is -1.84. The van der Waals surface area contributed by atoms with Crippen molar-refractivity contribution in [3.63, 3.8) is 0 Å². The van der Waals surface area contributed by atoms with Crippen LogP contribution < -0.4 is 5.73 Å². The summed E-state index contributed by atoms with van der Waals surface area (Å²) in [6.07, 6.45) is 0. The highest BCUT2D eigenvalue weighted by Gasteiger charge is 2.22. The van der Waals surface area contributed by atoms with Gasteiger partial charge in [0, 0.05) is 20.1 Å². The van der Waals surface area contributed by atoms with Crippen LogP contribution in [0.4, 0.5) is 0 Å². The molecule has 0 bridgehead atoms. The van der Waals surface area contributed by atoms with Crippen LogP contribution in [0.2, 0.25) is 0 Å². The molecular formula is C10H16N2O2S2. The van der Waals surface area contributed by atoms with Gasteiger partial charge in [-0.15, -0.1) is 11.3 Å². The van der Waals surface area contributed by atoms with Gasteiger partial charge in [-0.1, -0.05) is 12.2 Å². The standard InChI is InChI=1S/C10H16N2O2S2/c1-8(2)6-12(3)16(13,14)10-4-9(5-11)7-15-10/h4,7H,1,5-6,11H2,2-3H3. The summed E-state index contributed by atoms with van der Waals surface area (Å²) in [4.78, 5) is 0. The summed E-state index contributed by atoms with van der Waals surface area (Å²) in [6, 6.07) is 1.62. The van der Waals surface area contributed by atoms with Crippen LogP contribution in [0.3, 0.4) is 0 Å². The maximum absolute atomic E-state index is 12.1. The number of sulfonamides is 1. The number of thiophene rings is 1. The molecule has 6 heteroatoms. The van der Waals surface area contributed by atoms with Gasteiger partial charge in [-0.3, -0.25) is 0 Å². The first-order chi connectivity index (χ1) is 7.37. The van der Waals surface area contributed by atoms with Crippen LogP contribution in [0, 0.1) is 0 Å². The van der Waals surface area contributed by atoms with Crippen LogP contribution in [-0.2, 0) is 16.6 Å². The molecule has 0 amide bonds. The van der Waals surface area contributed by atoms with Gasteiger partial charge in [-0.25, -0.2) is 8.42 Å². The Morgan fingerprint density at radius 1 is 1.62 bits per heavy atom. The second-order valence-electron chi connectivity index (χ2n) is 3.70. The minimum absolute atomic E-state index is 0.330. The molecule has 0 aromatic carbocycles. The average molecular weight is 260 g/mol. The van der Waals surface area contributed by atoms with Crippen molar-refractivity contribution in [1.82, 2.24) is 4.31 Å². The molecule has 0 aliphatic heterocycles. The lowest BCUT2D eigenvalue weighted by Crippen LogP contribution is -2.27. The summed E-state index contributed by atoms with van der Waals surface area (Å²) < 4.78 is 25.7. The Bertz CT molecular complexity index is 477. The molecule has 1 heterocycles. The molecule has 2 N–H and O–H groups in total. The van der Waals surface area contributed by atoms with Crippen molar-refractivity contribution in [2.24, 2.45) is 5.73 Å². The SMILES string of the molecule is C=C(C)CN(C)S(=O)(=O)c1cc(CN)cs1. The minimum Gasteiger partial charge on any atom is -0.326 e. The molecule has 16 heavy (non-hydrogen) atoms. The molecular weight excluding hydrogens is 244 g/mol. The van der Waals surface area contributed by atoms with Crippen molar-refractivity contribution in [1.29, 1.82) is 0 Å². The highest BCUT2D eigenvalue weighted by molar-refractivity contribution is 7.91. The molecule has 0 unspecified atom stereocenters. The lowest BCUT2D eigenvalue weighted by Gasteiger charge is -2.15. The van der Waals surface area contributed by atoms with Crippen LogP contribution in [0.1, 0.15) is 12.5 Å². The van der Waals surface area contributed by atoms with Gasteiger partial charge in [0.15, 0.2) is 0 Å². The molecule has 1 rings (SSSR count). The van der Waals surface area contributed by atoms with Gasteiger partial charge < -0.3 is 5.73 Å². The lowest BCUT2D eigenvalue weighted by atomic mass is 10.4. The fourth-order valence-corrected chi connectivity index (χ4v) is 3.88. The lowest BCUT2D eigenvalue weighted by molar-refractivity contribution is 0.495. The zero-order valence-corrected chi connectivity index (χ0v) is 11.1. The van der Waals surface area contributed by atoms with E-state index in [1.165, 1.54) is 15.6 Å². The van der Waals surface area contributed by atoms with Crippen LogP contribution in [-0.4, -0.2) is 26.3 Å². The van der Waals surface area contributed by atoms with E-state index in [2.05, 4.69) is 6.58 Å². The molecule has 1 aromatic heterocycles. The van der Waals surface area contributed by atoms with E-state index in [1.54, 1.807) is 25.4 Å². The monoisotopic (exact) mass is 260 g/mol. The first-order valence-corrected chi connectivity index (χ1v) is 7.08. The summed E-state index contributed by atoms with van der Waals surface area (Å²) >= 11 is 1.20. The average Bonchev–Trinajstić information content (AvgIpc) is 2.65. The van der Waals surface area contributed by atoms with Crippen LogP contribution in [0.15, 0.2) is 27.8 Å². The molecule has 0 saturated heterocycles. The quantitative estimate of drug-likeness (QED) is 0.814. The van der Waals surface area contributed by atoms with Gasteiger partial charge >= 0.3 is 0 Å². The third kappa shape index (κ3) is 2.91. The van der Waals surface area contributed by atoms with E-state index in [-0.39, 0.29) is 0 Å². The minimum atomic E-state index is -3.39. The van der Waals surface area contributed by atoms with Gasteiger partial charge in [-0.05, 0) is 23.9 Å². The van der Waals surface area contributed by atoms with Crippen LogP contribution in [0.5, 0.6) is 0 Å². The number of nitrogens with two attached hydrogens (primary N) is 1. The number of hydrogen-bond acceptors (Lipinski definition) is 4. The number of likely N-dealkylation sites (N-methyl/N-ethyl adjacent to an activating group) is 1. The summed E-state index contributed by atoms with van der Waals surface area (Å²) in [5.41, 5.74) is 7.09. The Hall–Kier alpha value is -0.690. The zero-order chi connectivity index (χ0) is 12.3. The molecule has 0 atom stereocenters. The van der Waals surface area contributed by atoms with Crippen molar-refractivity contribution < 1.29 is 8.42 Å². The van der Waals surface area contributed by atoms with E-state index >= 15 is 0 Å². The second-order valence-corrected chi connectivity index (χ2v) is 6.88. The topological polar surface area (TPSA) is 63.4 Å². The van der Waals surface area contributed by atoms with E-state index in [1.807, 2.05) is 0 Å². The van der Waals surface area contributed by atoms with Crippen molar-refractivity contribution >= 4 is 21.4 Å². The fourth-order valence-electron chi connectivity index (χ4n) is 1.21. The third-order valence-corrected chi connectivity index (χ3v) is 5.29. The van der Waals surface area contributed by atoms with Gasteiger partial charge in [0.2, 0.25) is 0 Å². The van der Waals surface area contributed by atoms with E-state index in [0.29, 0.717) is 17.3 Å². The summed E-state index contributed by atoms with van der Waals surface area (Å²) in [6.45, 7) is 6.19. The fraction of sp³-hybridized carbons (Fsp3) is 0.400. The van der Waals surface area contributed by atoms with Crippen molar-refractivity contribution in [3.05, 3.63) is 29.2 Å². The normalized spacial score (nSPS) is 12.0. The highest BCUT2D eigenvalue weighted by Crippen LogP contribution is 2.23. The number of nitrogens with zero attached hydrogens (tertiary/aromatic N) is 1. The first-order valence-electron chi connectivity index (χ1n) is 4.76. The molecule has 0 radical (unpaired) electrons. The third-order valence-electron chi connectivity index (χ3n) is 2.02. The molecule has 90 valence electrons. The second kappa shape index (κ2) is 5.09. The Labute approximate surface area is 100 Å². The highest BCUT2D eigenvalue weighted by atomic mass is 32.2. The smallest absolute Gasteiger partial charge is 0.252 e. The van der Waals surface area contributed by atoms with Gasteiger partial charge in [0.05, 0.1) is 0 Å².